The van der Waals surface area contributed by atoms with Crippen molar-refractivity contribution < 1.29 is 4.79 Å². The Morgan fingerprint density at radius 1 is 1.40 bits per heavy atom. The van der Waals surface area contributed by atoms with Crippen molar-refractivity contribution in [3.8, 4) is 0 Å². The molecular weight excluding hydrogens is 235 g/mol. The summed E-state index contributed by atoms with van der Waals surface area (Å²) in [5, 5.41) is 2.97. The Morgan fingerprint density at radius 2 is 1.93 bits per heavy atom. The van der Waals surface area contributed by atoms with Gasteiger partial charge in [0.15, 0.2) is 0 Å². The third-order valence-corrected chi connectivity index (χ3v) is 2.22. The van der Waals surface area contributed by atoms with Gasteiger partial charge in [0.2, 0.25) is 0 Å². The average Bonchev–Trinajstić information content (AvgIpc) is 2.25. The Hall–Kier alpha value is -0.800. The van der Waals surface area contributed by atoms with E-state index >= 15 is 0 Å². The molecule has 5 heteroatoms. The van der Waals surface area contributed by atoms with Gasteiger partial charge >= 0.3 is 0 Å². The topological polar surface area (TPSA) is 42.0 Å². The second-order valence-corrected chi connectivity index (χ2v) is 3.23. The minimum atomic E-state index is -0.219. The molecule has 0 saturated heterocycles. The van der Waals surface area contributed by atoms with Gasteiger partial charge in [0.05, 0.1) is 0 Å². The van der Waals surface area contributed by atoms with Crippen LogP contribution < -0.4 is 5.32 Å². The number of carbonyl (C=O) groups is 1. The molecule has 0 radical (unpaired) electrons. The van der Waals surface area contributed by atoms with Crippen LogP contribution in [0, 0.1) is 6.92 Å². The average molecular weight is 249 g/mol. The number of hydrogen-bond acceptors (Lipinski definition) is 2. The van der Waals surface area contributed by atoms with Crippen LogP contribution in [0.15, 0.2) is 6.07 Å². The summed E-state index contributed by atoms with van der Waals surface area (Å²) in [6.45, 7) is 5.72. The molecule has 1 amide bonds. The lowest BCUT2D eigenvalue weighted by molar-refractivity contribution is 0.0962. The van der Waals surface area contributed by atoms with Crippen molar-refractivity contribution in [2.75, 3.05) is 7.05 Å². The number of nitrogens with one attached hydrogen (secondary N) is 1. The predicted molar refractivity (Wildman–Crippen MR) is 63.7 cm³/mol. The van der Waals surface area contributed by atoms with E-state index in [0.717, 1.165) is 0 Å². The van der Waals surface area contributed by atoms with Gasteiger partial charge in [0.25, 0.3) is 5.91 Å². The number of nitrogens with zero attached hydrogens (tertiary/aromatic N) is 1. The quantitative estimate of drug-likeness (QED) is 0.777. The summed E-state index contributed by atoms with van der Waals surface area (Å²) in [6.07, 6.45) is 0. The standard InChI is InChI=1S/C8H8Cl2N2O.C2H6/c1-4-5(8(13)11-2)3-6(9)12-7(4)10;1-2/h3H,1-2H3,(H,11,13);1-2H3. The molecule has 0 fully saturated rings. The first kappa shape index (κ1) is 14.2. The van der Waals surface area contributed by atoms with Crippen molar-refractivity contribution in [3.05, 3.63) is 27.5 Å². The van der Waals surface area contributed by atoms with Gasteiger partial charge in [-0.15, -0.1) is 0 Å². The van der Waals surface area contributed by atoms with E-state index in [-0.39, 0.29) is 16.2 Å². The third-order valence-electron chi connectivity index (χ3n) is 1.65. The molecule has 84 valence electrons. The van der Waals surface area contributed by atoms with E-state index < -0.39 is 0 Å². The fourth-order valence-corrected chi connectivity index (χ4v) is 1.35. The van der Waals surface area contributed by atoms with Gasteiger partial charge in [0.1, 0.15) is 10.3 Å². The molecule has 1 aromatic rings. The molecule has 1 aromatic heterocycles. The van der Waals surface area contributed by atoms with E-state index in [0.29, 0.717) is 11.1 Å². The van der Waals surface area contributed by atoms with Crippen molar-refractivity contribution in [3.63, 3.8) is 0 Å². The number of hydrogen-bond donors (Lipinski definition) is 1. The van der Waals surface area contributed by atoms with Crippen LogP contribution in [0.3, 0.4) is 0 Å². The summed E-state index contributed by atoms with van der Waals surface area (Å²) in [6, 6.07) is 1.49. The molecule has 0 aliphatic carbocycles. The fraction of sp³-hybridized carbons (Fsp3) is 0.400. The van der Waals surface area contributed by atoms with Gasteiger partial charge in [0, 0.05) is 12.6 Å². The van der Waals surface area contributed by atoms with Crippen LogP contribution in [-0.2, 0) is 0 Å². The Balaban J connectivity index is 0.000000921. The molecule has 1 rings (SSSR count). The number of halogens is 2. The number of carbonyl (C=O) groups excluding carboxylic acids is 1. The minimum Gasteiger partial charge on any atom is -0.355 e. The number of aromatic nitrogens is 1. The van der Waals surface area contributed by atoms with Gasteiger partial charge in [-0.25, -0.2) is 4.98 Å². The van der Waals surface area contributed by atoms with E-state index in [1.54, 1.807) is 14.0 Å². The number of rotatable bonds is 1. The van der Waals surface area contributed by atoms with E-state index in [9.17, 15) is 4.79 Å². The Bertz CT molecular complexity index is 354. The smallest absolute Gasteiger partial charge is 0.251 e. The molecule has 0 unspecified atom stereocenters. The predicted octanol–water partition coefficient (Wildman–Crippen LogP) is 3.08. The van der Waals surface area contributed by atoms with Crippen LogP contribution in [0.4, 0.5) is 0 Å². The van der Waals surface area contributed by atoms with Crippen molar-refractivity contribution >= 4 is 29.1 Å². The SMILES string of the molecule is CC.CNC(=O)c1cc(Cl)nc(Cl)c1C. The van der Waals surface area contributed by atoms with Crippen LogP contribution in [0.5, 0.6) is 0 Å². The molecule has 0 saturated carbocycles. The Morgan fingerprint density at radius 3 is 2.40 bits per heavy atom. The lowest BCUT2D eigenvalue weighted by Crippen LogP contribution is -2.19. The molecule has 1 heterocycles. The molecular formula is C10H14Cl2N2O. The lowest BCUT2D eigenvalue weighted by atomic mass is 10.1. The zero-order valence-electron chi connectivity index (χ0n) is 9.19. The zero-order valence-corrected chi connectivity index (χ0v) is 10.7. The highest BCUT2D eigenvalue weighted by atomic mass is 35.5. The Kier molecular flexibility index (Phi) is 6.29. The lowest BCUT2D eigenvalue weighted by Gasteiger charge is -2.05. The molecule has 0 aliphatic rings. The van der Waals surface area contributed by atoms with Crippen molar-refractivity contribution in [2.24, 2.45) is 0 Å². The summed E-state index contributed by atoms with van der Waals surface area (Å²) in [5.74, 6) is -0.219. The minimum absolute atomic E-state index is 0.217. The molecule has 0 spiro atoms. The van der Waals surface area contributed by atoms with Crippen LogP contribution in [0.2, 0.25) is 10.3 Å². The van der Waals surface area contributed by atoms with Crippen LogP contribution >= 0.6 is 23.2 Å². The second-order valence-electron chi connectivity index (χ2n) is 2.49. The van der Waals surface area contributed by atoms with Crippen molar-refractivity contribution in [2.45, 2.75) is 20.8 Å². The normalized spacial score (nSPS) is 8.93. The first-order chi connectivity index (χ1) is 7.06. The van der Waals surface area contributed by atoms with Gasteiger partial charge in [-0.05, 0) is 18.6 Å². The van der Waals surface area contributed by atoms with E-state index in [1.165, 1.54) is 6.07 Å². The summed E-state index contributed by atoms with van der Waals surface area (Å²) >= 11 is 11.4. The molecule has 1 N–H and O–H groups in total. The summed E-state index contributed by atoms with van der Waals surface area (Å²) in [7, 11) is 1.55. The largest absolute Gasteiger partial charge is 0.355 e. The maximum Gasteiger partial charge on any atom is 0.251 e. The molecule has 0 bridgehead atoms. The molecule has 0 aromatic carbocycles. The van der Waals surface area contributed by atoms with Gasteiger partial charge in [-0.2, -0.15) is 0 Å². The third kappa shape index (κ3) is 3.68. The zero-order chi connectivity index (χ0) is 12.0. The summed E-state index contributed by atoms with van der Waals surface area (Å²) in [4.78, 5) is 15.1. The summed E-state index contributed by atoms with van der Waals surface area (Å²) in [5.41, 5.74) is 1.08. The second kappa shape index (κ2) is 6.64. The van der Waals surface area contributed by atoms with E-state index in [4.69, 9.17) is 23.2 Å². The maximum absolute atomic E-state index is 11.3. The van der Waals surface area contributed by atoms with Gasteiger partial charge in [-0.1, -0.05) is 37.0 Å². The van der Waals surface area contributed by atoms with Gasteiger partial charge < -0.3 is 5.32 Å². The van der Waals surface area contributed by atoms with Crippen LogP contribution in [0.1, 0.15) is 29.8 Å². The molecule has 0 atom stereocenters. The first-order valence-electron chi connectivity index (χ1n) is 4.61. The molecule has 3 nitrogen and oxygen atoms in total. The fourth-order valence-electron chi connectivity index (χ4n) is 0.919. The highest BCUT2D eigenvalue weighted by Crippen LogP contribution is 2.20. The number of pyridine rings is 1. The van der Waals surface area contributed by atoms with Crippen molar-refractivity contribution in [1.82, 2.24) is 10.3 Å². The van der Waals surface area contributed by atoms with Gasteiger partial charge in [-0.3, -0.25) is 4.79 Å². The Labute approximate surface area is 99.8 Å². The molecule has 15 heavy (non-hydrogen) atoms. The maximum atomic E-state index is 11.3. The summed E-state index contributed by atoms with van der Waals surface area (Å²) < 4.78 is 0. The van der Waals surface area contributed by atoms with Crippen LogP contribution in [-0.4, -0.2) is 17.9 Å². The van der Waals surface area contributed by atoms with E-state index in [1.807, 2.05) is 13.8 Å². The highest BCUT2D eigenvalue weighted by Gasteiger charge is 2.11. The van der Waals surface area contributed by atoms with E-state index in [2.05, 4.69) is 10.3 Å². The monoisotopic (exact) mass is 248 g/mol. The molecule has 0 aliphatic heterocycles. The highest BCUT2D eigenvalue weighted by molar-refractivity contribution is 6.33. The van der Waals surface area contributed by atoms with Crippen LogP contribution in [0.25, 0.3) is 0 Å². The number of amides is 1. The van der Waals surface area contributed by atoms with Crippen molar-refractivity contribution in [1.29, 1.82) is 0 Å². The first-order valence-corrected chi connectivity index (χ1v) is 5.36.